The van der Waals surface area contributed by atoms with E-state index in [0.29, 0.717) is 5.69 Å². The van der Waals surface area contributed by atoms with Gasteiger partial charge >= 0.3 is 0 Å². The lowest BCUT2D eigenvalue weighted by Crippen LogP contribution is -2.01. The van der Waals surface area contributed by atoms with Gasteiger partial charge in [-0.25, -0.2) is 4.98 Å². The first-order valence-electron chi connectivity index (χ1n) is 3.19. The second-order valence-electron chi connectivity index (χ2n) is 2.17. The normalized spacial score (nSPS) is 15.5. The highest BCUT2D eigenvalue weighted by atomic mass is 32.2. The molecule has 0 aliphatic carbocycles. The molecular weight excluding hydrogens is 160 g/mol. The molecule has 0 spiro atoms. The van der Waals surface area contributed by atoms with Crippen LogP contribution in [0.15, 0.2) is 17.8 Å². The van der Waals surface area contributed by atoms with Crippen LogP contribution in [-0.2, 0) is 5.75 Å². The summed E-state index contributed by atoms with van der Waals surface area (Å²) in [5.74, 6) is 1.03. The van der Waals surface area contributed by atoms with Crippen LogP contribution in [0.2, 0.25) is 0 Å². The summed E-state index contributed by atoms with van der Waals surface area (Å²) in [4.78, 5) is 8.09. The van der Waals surface area contributed by atoms with Gasteiger partial charge in [0.15, 0.2) is 0 Å². The summed E-state index contributed by atoms with van der Waals surface area (Å²) in [6, 6.07) is 0. The number of aliphatic hydroxyl groups is 1. The SMILES string of the molecule is OC1=CSCc2nccnc21. The van der Waals surface area contributed by atoms with Gasteiger partial charge in [-0.05, 0) is 0 Å². The summed E-state index contributed by atoms with van der Waals surface area (Å²) < 4.78 is 0. The molecule has 1 N–H and O–H groups in total. The highest BCUT2D eigenvalue weighted by Crippen LogP contribution is 2.26. The fourth-order valence-corrected chi connectivity index (χ4v) is 1.66. The molecule has 0 saturated carbocycles. The molecule has 2 rings (SSSR count). The van der Waals surface area contributed by atoms with E-state index in [4.69, 9.17) is 0 Å². The van der Waals surface area contributed by atoms with Crippen molar-refractivity contribution < 1.29 is 5.11 Å². The minimum Gasteiger partial charge on any atom is -0.505 e. The average molecular weight is 166 g/mol. The van der Waals surface area contributed by atoms with Crippen molar-refractivity contribution in [3.63, 3.8) is 0 Å². The minimum atomic E-state index is 0.226. The molecule has 0 atom stereocenters. The second-order valence-corrected chi connectivity index (χ2v) is 3.02. The zero-order valence-electron chi connectivity index (χ0n) is 5.69. The summed E-state index contributed by atoms with van der Waals surface area (Å²) >= 11 is 1.53. The summed E-state index contributed by atoms with van der Waals surface area (Å²) in [5.41, 5.74) is 1.48. The maximum Gasteiger partial charge on any atom is 0.149 e. The van der Waals surface area contributed by atoms with Crippen molar-refractivity contribution in [1.82, 2.24) is 9.97 Å². The van der Waals surface area contributed by atoms with Gasteiger partial charge in [-0.15, -0.1) is 11.8 Å². The van der Waals surface area contributed by atoms with Crippen molar-refractivity contribution in [2.24, 2.45) is 0 Å². The molecule has 2 heterocycles. The minimum absolute atomic E-state index is 0.226. The number of hydrogen-bond acceptors (Lipinski definition) is 4. The van der Waals surface area contributed by atoms with E-state index < -0.39 is 0 Å². The molecule has 0 aromatic carbocycles. The number of hydrogen-bond donors (Lipinski definition) is 1. The van der Waals surface area contributed by atoms with Gasteiger partial charge in [-0.1, -0.05) is 0 Å². The molecule has 1 aromatic heterocycles. The van der Waals surface area contributed by atoms with E-state index in [9.17, 15) is 5.11 Å². The van der Waals surface area contributed by atoms with E-state index in [1.54, 1.807) is 17.8 Å². The van der Waals surface area contributed by atoms with E-state index in [0.717, 1.165) is 11.4 Å². The standard InChI is InChI=1S/C7H6N2OS/c10-6-4-11-3-5-7(6)9-2-1-8-5/h1-2,4,10H,3H2. The van der Waals surface area contributed by atoms with Crippen LogP contribution in [0.3, 0.4) is 0 Å². The van der Waals surface area contributed by atoms with Gasteiger partial charge in [0.05, 0.1) is 5.69 Å². The molecule has 1 aliphatic heterocycles. The first kappa shape index (κ1) is 6.67. The Labute approximate surface area is 68.2 Å². The van der Waals surface area contributed by atoms with Crippen LogP contribution in [0.5, 0.6) is 0 Å². The Hall–Kier alpha value is -1.03. The van der Waals surface area contributed by atoms with Crippen LogP contribution in [0, 0.1) is 0 Å². The van der Waals surface area contributed by atoms with Gasteiger partial charge in [-0.3, -0.25) is 4.98 Å². The quantitative estimate of drug-likeness (QED) is 0.635. The molecule has 11 heavy (non-hydrogen) atoms. The van der Waals surface area contributed by atoms with Crippen molar-refractivity contribution in [3.05, 3.63) is 29.2 Å². The number of fused-ring (bicyclic) bond motifs is 1. The molecule has 4 heteroatoms. The predicted molar refractivity (Wildman–Crippen MR) is 43.9 cm³/mol. The maximum absolute atomic E-state index is 9.30. The third-order valence-electron chi connectivity index (χ3n) is 1.43. The number of aliphatic hydroxyl groups excluding tert-OH is 1. The van der Waals surface area contributed by atoms with E-state index in [2.05, 4.69) is 9.97 Å². The van der Waals surface area contributed by atoms with Gasteiger partial charge < -0.3 is 5.11 Å². The Kier molecular flexibility index (Phi) is 1.54. The Balaban J connectivity index is 2.56. The Bertz CT molecular complexity index is 311. The van der Waals surface area contributed by atoms with Crippen LogP contribution < -0.4 is 0 Å². The van der Waals surface area contributed by atoms with Gasteiger partial charge in [0, 0.05) is 23.6 Å². The molecule has 0 radical (unpaired) electrons. The van der Waals surface area contributed by atoms with Gasteiger partial charge in [0.1, 0.15) is 11.5 Å². The highest BCUT2D eigenvalue weighted by Gasteiger charge is 2.12. The zero-order valence-corrected chi connectivity index (χ0v) is 6.51. The summed E-state index contributed by atoms with van der Waals surface area (Å²) in [7, 11) is 0. The molecular formula is C7H6N2OS. The first-order valence-corrected chi connectivity index (χ1v) is 4.24. The molecule has 0 amide bonds. The largest absolute Gasteiger partial charge is 0.505 e. The van der Waals surface area contributed by atoms with Crippen molar-refractivity contribution in [2.45, 2.75) is 5.75 Å². The Morgan fingerprint density at radius 3 is 3.00 bits per heavy atom. The second kappa shape index (κ2) is 2.54. The Morgan fingerprint density at radius 1 is 1.36 bits per heavy atom. The summed E-state index contributed by atoms with van der Waals surface area (Å²) in [6.07, 6.45) is 3.22. The molecule has 56 valence electrons. The van der Waals surface area contributed by atoms with Gasteiger partial charge in [0.2, 0.25) is 0 Å². The molecule has 3 nitrogen and oxygen atoms in total. The molecule has 0 fully saturated rings. The van der Waals surface area contributed by atoms with E-state index in [1.807, 2.05) is 0 Å². The maximum atomic E-state index is 9.30. The smallest absolute Gasteiger partial charge is 0.149 e. The lowest BCUT2D eigenvalue weighted by molar-refractivity contribution is 0.507. The lowest BCUT2D eigenvalue weighted by Gasteiger charge is -2.09. The molecule has 0 bridgehead atoms. The van der Waals surface area contributed by atoms with Crippen LogP contribution in [0.4, 0.5) is 0 Å². The topological polar surface area (TPSA) is 46.0 Å². The molecule has 0 unspecified atom stereocenters. The fraction of sp³-hybridized carbons (Fsp3) is 0.143. The van der Waals surface area contributed by atoms with Gasteiger partial charge in [0.25, 0.3) is 0 Å². The lowest BCUT2D eigenvalue weighted by atomic mass is 10.3. The number of aromatic nitrogens is 2. The fourth-order valence-electron chi connectivity index (χ4n) is 0.942. The van der Waals surface area contributed by atoms with Gasteiger partial charge in [-0.2, -0.15) is 0 Å². The monoisotopic (exact) mass is 166 g/mol. The Morgan fingerprint density at radius 2 is 2.18 bits per heavy atom. The van der Waals surface area contributed by atoms with Crippen molar-refractivity contribution in [2.75, 3.05) is 0 Å². The molecule has 1 aromatic rings. The average Bonchev–Trinajstić information content (AvgIpc) is 2.06. The van der Waals surface area contributed by atoms with Crippen molar-refractivity contribution >= 4 is 17.5 Å². The van der Waals surface area contributed by atoms with E-state index >= 15 is 0 Å². The van der Waals surface area contributed by atoms with Crippen LogP contribution in [-0.4, -0.2) is 15.1 Å². The predicted octanol–water partition coefficient (Wildman–Crippen LogP) is 1.58. The zero-order chi connectivity index (χ0) is 7.68. The van der Waals surface area contributed by atoms with Crippen LogP contribution in [0.1, 0.15) is 11.4 Å². The first-order chi connectivity index (χ1) is 5.38. The van der Waals surface area contributed by atoms with Crippen LogP contribution >= 0.6 is 11.8 Å². The highest BCUT2D eigenvalue weighted by molar-refractivity contribution is 8.01. The summed E-state index contributed by atoms with van der Waals surface area (Å²) in [5, 5.41) is 11.0. The van der Waals surface area contributed by atoms with Crippen molar-refractivity contribution in [3.8, 4) is 0 Å². The number of rotatable bonds is 0. The third kappa shape index (κ3) is 1.09. The van der Waals surface area contributed by atoms with E-state index in [-0.39, 0.29) is 5.76 Å². The van der Waals surface area contributed by atoms with Crippen LogP contribution in [0.25, 0.3) is 5.76 Å². The number of nitrogens with zero attached hydrogens (tertiary/aromatic N) is 2. The number of thioether (sulfide) groups is 1. The third-order valence-corrected chi connectivity index (χ3v) is 2.26. The molecule has 1 aliphatic rings. The molecule has 0 saturated heterocycles. The van der Waals surface area contributed by atoms with E-state index in [1.165, 1.54) is 11.8 Å². The summed E-state index contributed by atoms with van der Waals surface area (Å²) in [6.45, 7) is 0. The van der Waals surface area contributed by atoms with Crippen molar-refractivity contribution in [1.29, 1.82) is 0 Å².